The van der Waals surface area contributed by atoms with Gasteiger partial charge in [0.1, 0.15) is 0 Å². The van der Waals surface area contributed by atoms with Crippen LogP contribution in [0.25, 0.3) is 0 Å². The van der Waals surface area contributed by atoms with Crippen LogP contribution >= 0.6 is 11.8 Å². The lowest BCUT2D eigenvalue weighted by Gasteiger charge is -2.28. The fourth-order valence-corrected chi connectivity index (χ4v) is 2.98. The maximum absolute atomic E-state index is 12.3. The van der Waals surface area contributed by atoms with Gasteiger partial charge in [-0.2, -0.15) is 0 Å². The Balaban J connectivity index is 1.93. The second-order valence-corrected chi connectivity index (χ2v) is 6.56. The van der Waals surface area contributed by atoms with Crippen LogP contribution in [0.4, 0.5) is 0 Å². The fraction of sp³-hybridized carbons (Fsp3) is 0.714. The topological polar surface area (TPSA) is 57.6 Å². The van der Waals surface area contributed by atoms with Crippen LogP contribution in [0.5, 0.6) is 0 Å². The normalized spacial score (nSPS) is 20.6. The van der Waals surface area contributed by atoms with E-state index in [1.54, 1.807) is 6.92 Å². The number of carboxylic acids is 1. The van der Waals surface area contributed by atoms with Gasteiger partial charge in [0, 0.05) is 11.7 Å². The number of nitrogens with zero attached hydrogens (tertiary/aromatic N) is 1. The van der Waals surface area contributed by atoms with Crippen molar-refractivity contribution in [3.8, 4) is 0 Å². The van der Waals surface area contributed by atoms with Crippen LogP contribution in [-0.4, -0.2) is 38.9 Å². The number of carbonyl (C=O) groups excluding carboxylic acids is 1. The van der Waals surface area contributed by atoms with Crippen molar-refractivity contribution in [2.45, 2.75) is 56.7 Å². The minimum Gasteiger partial charge on any atom is -0.480 e. The van der Waals surface area contributed by atoms with E-state index in [0.29, 0.717) is 6.04 Å². The molecule has 1 atom stereocenters. The van der Waals surface area contributed by atoms with Crippen molar-refractivity contribution in [2.75, 3.05) is 5.75 Å². The number of hydrogen-bond acceptors (Lipinski definition) is 3. The van der Waals surface area contributed by atoms with Crippen LogP contribution in [0.15, 0.2) is 11.8 Å². The third-order valence-electron chi connectivity index (χ3n) is 3.56. The molecule has 0 aromatic heterocycles. The van der Waals surface area contributed by atoms with Gasteiger partial charge in [-0.3, -0.25) is 9.59 Å². The number of carboxylic acid groups (broad SMARTS) is 1. The third kappa shape index (κ3) is 4.00. The lowest BCUT2D eigenvalue weighted by atomic mass is 10.0. The van der Waals surface area contributed by atoms with E-state index < -0.39 is 11.2 Å². The first kappa shape index (κ1) is 14.4. The lowest BCUT2D eigenvalue weighted by molar-refractivity contribution is -0.136. The average Bonchev–Trinajstić information content (AvgIpc) is 3.22. The van der Waals surface area contributed by atoms with Gasteiger partial charge in [0.25, 0.3) is 0 Å². The molecule has 2 aliphatic rings. The van der Waals surface area contributed by atoms with Gasteiger partial charge >= 0.3 is 5.97 Å². The first-order valence-electron chi connectivity index (χ1n) is 6.95. The standard InChI is InChI=1S/C14H21NO3S/c1-10(14(17)18)19-9-13(16)15(12-7-8-12)11-5-3-2-4-6-11/h5,10,12H,2-4,6-9H2,1H3,(H,17,18). The zero-order valence-corrected chi connectivity index (χ0v) is 12.1. The van der Waals surface area contributed by atoms with Crippen LogP contribution in [-0.2, 0) is 9.59 Å². The SMILES string of the molecule is CC(SCC(=O)N(C1=CCCCC1)C1CC1)C(=O)O. The van der Waals surface area contributed by atoms with Crippen molar-refractivity contribution in [3.63, 3.8) is 0 Å². The molecule has 0 spiro atoms. The van der Waals surface area contributed by atoms with E-state index in [1.807, 2.05) is 4.90 Å². The van der Waals surface area contributed by atoms with E-state index in [-0.39, 0.29) is 11.7 Å². The highest BCUT2D eigenvalue weighted by Crippen LogP contribution is 2.34. The van der Waals surface area contributed by atoms with Gasteiger partial charge < -0.3 is 10.0 Å². The molecule has 2 rings (SSSR count). The summed E-state index contributed by atoms with van der Waals surface area (Å²) < 4.78 is 0. The second-order valence-electron chi connectivity index (χ2n) is 5.23. The molecule has 1 N–H and O–H groups in total. The van der Waals surface area contributed by atoms with Gasteiger partial charge in [-0.15, -0.1) is 11.8 Å². The predicted octanol–water partition coefficient (Wildman–Crippen LogP) is 2.64. The average molecular weight is 283 g/mol. The second kappa shape index (κ2) is 6.46. The molecule has 4 nitrogen and oxygen atoms in total. The molecule has 1 amide bonds. The molecular formula is C14H21NO3S. The van der Waals surface area contributed by atoms with Crippen LogP contribution in [0.3, 0.4) is 0 Å². The molecule has 0 bridgehead atoms. The van der Waals surface area contributed by atoms with E-state index in [9.17, 15) is 9.59 Å². The third-order valence-corrected chi connectivity index (χ3v) is 4.68. The quantitative estimate of drug-likeness (QED) is 0.814. The first-order chi connectivity index (χ1) is 9.09. The Hall–Kier alpha value is -0.970. The van der Waals surface area contributed by atoms with E-state index in [1.165, 1.54) is 23.9 Å². The maximum Gasteiger partial charge on any atom is 0.316 e. The Kier molecular flexibility index (Phi) is 4.91. The summed E-state index contributed by atoms with van der Waals surface area (Å²) in [7, 11) is 0. The van der Waals surface area contributed by atoms with Gasteiger partial charge in [-0.05, 0) is 45.4 Å². The summed E-state index contributed by atoms with van der Waals surface area (Å²) in [6.45, 7) is 1.63. The summed E-state index contributed by atoms with van der Waals surface area (Å²) in [6, 6.07) is 0.373. The molecule has 0 heterocycles. The van der Waals surface area contributed by atoms with E-state index in [4.69, 9.17) is 5.11 Å². The van der Waals surface area contributed by atoms with Crippen LogP contribution in [0.1, 0.15) is 45.4 Å². The molecule has 0 radical (unpaired) electrons. The van der Waals surface area contributed by atoms with Crippen molar-refractivity contribution < 1.29 is 14.7 Å². The summed E-state index contributed by atoms with van der Waals surface area (Å²) in [4.78, 5) is 25.0. The lowest BCUT2D eigenvalue weighted by Crippen LogP contribution is -2.35. The Morgan fingerprint density at radius 1 is 1.47 bits per heavy atom. The van der Waals surface area contributed by atoms with Crippen LogP contribution in [0, 0.1) is 0 Å². The van der Waals surface area contributed by atoms with Gasteiger partial charge in [0.2, 0.25) is 5.91 Å². The van der Waals surface area contributed by atoms with Crippen molar-refractivity contribution >= 4 is 23.6 Å². The monoisotopic (exact) mass is 283 g/mol. The molecular weight excluding hydrogens is 262 g/mol. The molecule has 0 aromatic carbocycles. The molecule has 1 unspecified atom stereocenters. The Morgan fingerprint density at radius 3 is 2.74 bits per heavy atom. The van der Waals surface area contributed by atoms with Crippen molar-refractivity contribution in [1.29, 1.82) is 0 Å². The van der Waals surface area contributed by atoms with Crippen molar-refractivity contribution in [2.24, 2.45) is 0 Å². The highest BCUT2D eigenvalue weighted by molar-refractivity contribution is 8.01. The minimum atomic E-state index is -0.854. The Morgan fingerprint density at radius 2 is 2.21 bits per heavy atom. The molecule has 0 aromatic rings. The molecule has 5 heteroatoms. The van der Waals surface area contributed by atoms with Gasteiger partial charge in [-0.1, -0.05) is 6.08 Å². The predicted molar refractivity (Wildman–Crippen MR) is 76.0 cm³/mol. The number of thioether (sulfide) groups is 1. The van der Waals surface area contributed by atoms with Gasteiger partial charge in [0.05, 0.1) is 11.0 Å². The van der Waals surface area contributed by atoms with Gasteiger partial charge in [0.15, 0.2) is 0 Å². The number of amides is 1. The number of aliphatic carboxylic acids is 1. The molecule has 106 valence electrons. The molecule has 19 heavy (non-hydrogen) atoms. The highest BCUT2D eigenvalue weighted by Gasteiger charge is 2.35. The minimum absolute atomic E-state index is 0.0775. The fourth-order valence-electron chi connectivity index (χ4n) is 2.31. The van der Waals surface area contributed by atoms with Crippen LogP contribution in [0.2, 0.25) is 0 Å². The smallest absolute Gasteiger partial charge is 0.316 e. The zero-order chi connectivity index (χ0) is 13.8. The van der Waals surface area contributed by atoms with Crippen molar-refractivity contribution in [3.05, 3.63) is 11.8 Å². The molecule has 0 saturated heterocycles. The summed E-state index contributed by atoms with van der Waals surface area (Å²) in [5.74, 6) is -0.511. The van der Waals surface area contributed by atoms with Crippen LogP contribution < -0.4 is 0 Å². The first-order valence-corrected chi connectivity index (χ1v) is 8.00. The number of allylic oxidation sites excluding steroid dienone is 2. The number of carbonyl (C=O) groups is 2. The van der Waals surface area contributed by atoms with Crippen molar-refractivity contribution in [1.82, 2.24) is 4.90 Å². The molecule has 1 saturated carbocycles. The van der Waals surface area contributed by atoms with Gasteiger partial charge in [-0.25, -0.2) is 0 Å². The van der Waals surface area contributed by atoms with E-state index >= 15 is 0 Å². The summed E-state index contributed by atoms with van der Waals surface area (Å²) >= 11 is 1.21. The largest absolute Gasteiger partial charge is 0.480 e. The van der Waals surface area contributed by atoms with E-state index in [2.05, 4.69) is 6.08 Å². The summed E-state index contributed by atoms with van der Waals surface area (Å²) in [6.07, 6.45) is 8.77. The molecule has 1 fully saturated rings. The zero-order valence-electron chi connectivity index (χ0n) is 11.3. The summed E-state index contributed by atoms with van der Waals surface area (Å²) in [5.41, 5.74) is 1.17. The molecule has 0 aliphatic heterocycles. The number of rotatable bonds is 6. The maximum atomic E-state index is 12.3. The van der Waals surface area contributed by atoms with E-state index in [0.717, 1.165) is 32.1 Å². The number of hydrogen-bond donors (Lipinski definition) is 1. The highest BCUT2D eigenvalue weighted by atomic mass is 32.2. The molecule has 2 aliphatic carbocycles. The Bertz CT molecular complexity index is 390. The summed E-state index contributed by atoms with van der Waals surface area (Å²) in [5, 5.41) is 8.32. The Labute approximate surface area is 118 Å².